The molecule has 6 rings (SSSR count). The Morgan fingerprint density at radius 2 is 0.574 bits per heavy atom. The average Bonchev–Trinajstić information content (AvgIpc) is 3.37. The van der Waals surface area contributed by atoms with Crippen LogP contribution in [0.25, 0.3) is 0 Å². The van der Waals surface area contributed by atoms with Crippen molar-refractivity contribution in [2.24, 2.45) is 0 Å². The number of rotatable bonds is 25. The van der Waals surface area contributed by atoms with Gasteiger partial charge in [0.15, 0.2) is 21.4 Å². The van der Waals surface area contributed by atoms with Gasteiger partial charge in [-0.15, -0.1) is 0 Å². The molecule has 354 valence electrons. The van der Waals surface area contributed by atoms with Crippen LogP contribution in [-0.4, -0.2) is 67.3 Å². The topological polar surface area (TPSA) is 168 Å². The van der Waals surface area contributed by atoms with Gasteiger partial charge in [0.25, 0.3) is 0 Å². The van der Waals surface area contributed by atoms with E-state index in [-0.39, 0.29) is 61.7 Å². The first-order valence-corrected chi connectivity index (χ1v) is 28.7. The van der Waals surface area contributed by atoms with Crippen molar-refractivity contribution in [1.29, 1.82) is 0 Å². The summed E-state index contributed by atoms with van der Waals surface area (Å²) < 4.78 is 43.7. The zero-order valence-corrected chi connectivity index (χ0v) is 41.2. The summed E-state index contributed by atoms with van der Waals surface area (Å²) in [4.78, 5) is 53.6. The Balaban J connectivity index is 1.12. The van der Waals surface area contributed by atoms with Crippen LogP contribution in [0.2, 0.25) is 0 Å². The molecule has 0 aliphatic heterocycles. The van der Waals surface area contributed by atoms with Crippen LogP contribution in [0.1, 0.15) is 45.4 Å². The van der Waals surface area contributed by atoms with Gasteiger partial charge in [-0.2, -0.15) is 0 Å². The first kappa shape index (κ1) is 51.3. The second-order valence-electron chi connectivity index (χ2n) is 17.0. The van der Waals surface area contributed by atoms with Crippen LogP contribution in [0.15, 0.2) is 182 Å². The summed E-state index contributed by atoms with van der Waals surface area (Å²) in [7, 11) is -9.91. The largest absolute Gasteiger partial charge is 0.356 e. The summed E-state index contributed by atoms with van der Waals surface area (Å²) in [6, 6.07) is 54.1. The lowest BCUT2D eigenvalue weighted by Gasteiger charge is -2.35. The zero-order chi connectivity index (χ0) is 48.3. The Morgan fingerprint density at radius 1 is 0.368 bits per heavy atom. The summed E-state index contributed by atoms with van der Waals surface area (Å²) in [5.74, 6) is -1.33. The van der Waals surface area contributed by atoms with Crippen molar-refractivity contribution >= 4 is 76.9 Å². The van der Waals surface area contributed by atoms with Gasteiger partial charge in [0, 0.05) is 63.9 Å². The van der Waals surface area contributed by atoms with Crippen LogP contribution in [-0.2, 0) is 32.9 Å². The van der Waals surface area contributed by atoms with Gasteiger partial charge in [-0.25, -0.2) is 0 Å². The minimum absolute atomic E-state index is 0.208. The Kier molecular flexibility index (Phi) is 18.7. The zero-order valence-electron chi connectivity index (χ0n) is 38.5. The van der Waals surface area contributed by atoms with Gasteiger partial charge in [-0.05, 0) is 38.5 Å². The Bertz CT molecular complexity index is 2300. The first-order valence-electron chi connectivity index (χ1n) is 23.1. The van der Waals surface area contributed by atoms with Crippen molar-refractivity contribution in [3.05, 3.63) is 182 Å². The molecule has 0 atom stereocenters. The van der Waals surface area contributed by atoms with Crippen molar-refractivity contribution in [1.82, 2.24) is 21.3 Å². The van der Waals surface area contributed by atoms with Crippen molar-refractivity contribution in [3.63, 3.8) is 0 Å². The maximum atomic E-state index is 14.6. The number of hydrogen-bond donors (Lipinski definition) is 4. The highest BCUT2D eigenvalue weighted by Crippen LogP contribution is 2.45. The van der Waals surface area contributed by atoms with Gasteiger partial charge in [0.1, 0.15) is 0 Å². The SMILES string of the molecule is CC(=O)NC(CCCNC(=O)CP(=O)(c1ccccc1)c1ccccc1)(CCCNC(=O)CP(=O)(c1ccccc1)c1ccccc1)CCCNC(=O)CP(=O)(c1ccccc1)c1ccccc1. The number of nitrogens with one attached hydrogen (secondary N) is 4. The van der Waals surface area contributed by atoms with E-state index < -0.39 is 27.0 Å². The van der Waals surface area contributed by atoms with E-state index in [1.54, 1.807) is 72.8 Å². The lowest BCUT2D eigenvalue weighted by molar-refractivity contribution is -0.122. The summed E-state index contributed by atoms with van der Waals surface area (Å²) >= 11 is 0. The third kappa shape index (κ3) is 14.0. The lowest BCUT2D eigenvalue weighted by atomic mass is 9.83. The molecule has 0 saturated heterocycles. The Hall–Kier alpha value is -6.11. The standard InChI is InChI=1S/C54H61N4O7P3/c1-44(59)58-54(35-20-38-55-51(60)41-66(63,45-23-8-2-9-24-45)46-25-10-3-11-26-46,36-21-39-56-52(61)42-67(64,47-27-12-4-13-28-47)48-29-14-5-15-30-48)37-22-40-57-53(62)43-68(65,49-31-16-6-17-32-49)50-33-18-7-19-34-50/h2-19,23-34H,20-22,35-43H2,1H3,(H,55,60)(H,56,61)(H,57,62)(H,58,59). The second kappa shape index (κ2) is 24.8. The number of carbonyl (C=O) groups is 4. The average molecular weight is 971 g/mol. The third-order valence-electron chi connectivity index (χ3n) is 12.0. The molecule has 68 heavy (non-hydrogen) atoms. The third-order valence-corrected chi connectivity index (χ3v) is 21.0. The molecule has 0 spiro atoms. The van der Waals surface area contributed by atoms with Crippen LogP contribution in [0, 0.1) is 0 Å². The smallest absolute Gasteiger partial charge is 0.228 e. The van der Waals surface area contributed by atoms with Crippen LogP contribution in [0.3, 0.4) is 0 Å². The molecule has 0 aliphatic rings. The van der Waals surface area contributed by atoms with E-state index in [0.29, 0.717) is 70.4 Å². The molecule has 0 fully saturated rings. The first-order chi connectivity index (χ1) is 32.9. The summed E-state index contributed by atoms with van der Waals surface area (Å²) in [6.45, 7) is 2.19. The van der Waals surface area contributed by atoms with Gasteiger partial charge in [0.2, 0.25) is 23.6 Å². The van der Waals surface area contributed by atoms with Crippen molar-refractivity contribution < 1.29 is 32.9 Å². The number of hydrogen-bond acceptors (Lipinski definition) is 7. The normalized spacial score (nSPS) is 11.8. The molecule has 4 amide bonds. The molecule has 0 unspecified atom stereocenters. The minimum Gasteiger partial charge on any atom is -0.356 e. The number of amides is 4. The van der Waals surface area contributed by atoms with Crippen molar-refractivity contribution in [2.75, 3.05) is 38.1 Å². The summed E-state index contributed by atoms with van der Waals surface area (Å²) in [5.41, 5.74) is -0.803. The minimum atomic E-state index is -3.30. The highest BCUT2D eigenvalue weighted by atomic mass is 31.2. The predicted octanol–water partition coefficient (Wildman–Crippen LogP) is 6.59. The molecule has 0 heterocycles. The van der Waals surface area contributed by atoms with Crippen LogP contribution < -0.4 is 53.1 Å². The van der Waals surface area contributed by atoms with Gasteiger partial charge >= 0.3 is 0 Å². The molecule has 6 aromatic rings. The lowest BCUT2D eigenvalue weighted by Crippen LogP contribution is -2.49. The second-order valence-corrected chi connectivity index (χ2v) is 25.5. The highest BCUT2D eigenvalue weighted by Gasteiger charge is 2.34. The monoisotopic (exact) mass is 970 g/mol. The van der Waals surface area contributed by atoms with E-state index >= 15 is 0 Å². The van der Waals surface area contributed by atoms with E-state index in [1.807, 2.05) is 109 Å². The maximum Gasteiger partial charge on any atom is 0.228 e. The molecular formula is C54H61N4O7P3. The number of carbonyl (C=O) groups excluding carboxylic acids is 4. The molecule has 6 aromatic carbocycles. The fraction of sp³-hybridized carbons (Fsp3) is 0.259. The van der Waals surface area contributed by atoms with Crippen LogP contribution >= 0.6 is 21.4 Å². The molecular weight excluding hydrogens is 910 g/mol. The molecule has 11 nitrogen and oxygen atoms in total. The fourth-order valence-electron chi connectivity index (χ4n) is 8.68. The molecule has 0 bridgehead atoms. The molecule has 0 radical (unpaired) electrons. The van der Waals surface area contributed by atoms with Crippen LogP contribution in [0.5, 0.6) is 0 Å². The Labute approximate surface area is 400 Å². The fourth-order valence-corrected chi connectivity index (χ4v) is 16.1. The summed E-state index contributed by atoms with van der Waals surface area (Å²) in [6.07, 6.45) is 2.08. The predicted molar refractivity (Wildman–Crippen MR) is 277 cm³/mol. The molecule has 4 N–H and O–H groups in total. The van der Waals surface area contributed by atoms with Crippen LogP contribution in [0.4, 0.5) is 0 Å². The van der Waals surface area contributed by atoms with E-state index in [4.69, 9.17) is 0 Å². The number of benzene rings is 6. The summed E-state index contributed by atoms with van der Waals surface area (Å²) in [5, 5.41) is 15.7. The highest BCUT2D eigenvalue weighted by molar-refractivity contribution is 7.80. The molecule has 0 aliphatic carbocycles. The van der Waals surface area contributed by atoms with Crippen molar-refractivity contribution in [3.8, 4) is 0 Å². The quantitative estimate of drug-likeness (QED) is 0.0371. The molecule has 0 saturated carbocycles. The van der Waals surface area contributed by atoms with Gasteiger partial charge in [-0.3, -0.25) is 19.2 Å². The molecule has 0 aromatic heterocycles. The van der Waals surface area contributed by atoms with E-state index in [9.17, 15) is 32.9 Å². The Morgan fingerprint density at radius 3 is 0.765 bits per heavy atom. The van der Waals surface area contributed by atoms with E-state index in [1.165, 1.54) is 6.92 Å². The van der Waals surface area contributed by atoms with E-state index in [2.05, 4.69) is 21.3 Å². The van der Waals surface area contributed by atoms with Gasteiger partial charge < -0.3 is 35.0 Å². The molecule has 14 heteroatoms. The van der Waals surface area contributed by atoms with Gasteiger partial charge in [0.05, 0.1) is 18.5 Å². The van der Waals surface area contributed by atoms with E-state index in [0.717, 1.165) is 0 Å². The van der Waals surface area contributed by atoms with Crippen molar-refractivity contribution in [2.45, 2.75) is 51.0 Å². The van der Waals surface area contributed by atoms with Gasteiger partial charge in [-0.1, -0.05) is 182 Å². The maximum absolute atomic E-state index is 14.6.